The fourth-order valence-electron chi connectivity index (χ4n) is 3.55. The van der Waals surface area contributed by atoms with Crippen LogP contribution in [0, 0.1) is 5.92 Å². The average molecular weight is 244 g/mol. The Bertz CT molecular complexity index is 413. The molecule has 0 bridgehead atoms. The highest BCUT2D eigenvalue weighted by molar-refractivity contribution is 5.74. The number of rotatable bonds is 2. The van der Waals surface area contributed by atoms with Crippen LogP contribution in [0.2, 0.25) is 0 Å². The number of carbonyl (C=O) groups excluding carboxylic acids is 1. The van der Waals surface area contributed by atoms with E-state index in [1.54, 1.807) is 6.20 Å². The van der Waals surface area contributed by atoms with Gasteiger partial charge in [-0.3, -0.25) is 4.79 Å². The third kappa shape index (κ3) is 2.14. The van der Waals surface area contributed by atoms with E-state index in [9.17, 15) is 4.79 Å². The summed E-state index contributed by atoms with van der Waals surface area (Å²) in [7, 11) is 0. The molecule has 1 aromatic rings. The maximum Gasteiger partial charge on any atom is 0.151 e. The topological polar surface area (TPSA) is 33.2 Å². The predicted molar refractivity (Wildman–Crippen MR) is 72.0 cm³/mol. The van der Waals surface area contributed by atoms with Gasteiger partial charge in [-0.2, -0.15) is 0 Å². The number of fused-ring (bicyclic) bond motifs is 1. The van der Waals surface area contributed by atoms with Crippen molar-refractivity contribution in [3.05, 3.63) is 23.9 Å². The summed E-state index contributed by atoms with van der Waals surface area (Å²) >= 11 is 0. The monoisotopic (exact) mass is 244 g/mol. The summed E-state index contributed by atoms with van der Waals surface area (Å²) in [4.78, 5) is 17.6. The van der Waals surface area contributed by atoms with Crippen LogP contribution in [0.4, 0.5) is 5.82 Å². The molecule has 2 aliphatic rings. The van der Waals surface area contributed by atoms with Crippen molar-refractivity contribution < 1.29 is 4.79 Å². The summed E-state index contributed by atoms with van der Waals surface area (Å²) in [6, 6.07) is 4.56. The first-order chi connectivity index (χ1) is 8.88. The molecule has 1 aliphatic heterocycles. The maximum absolute atomic E-state index is 10.7. The highest BCUT2D eigenvalue weighted by atomic mass is 16.1. The van der Waals surface area contributed by atoms with Crippen LogP contribution >= 0.6 is 0 Å². The first kappa shape index (κ1) is 11.7. The second-order valence-corrected chi connectivity index (χ2v) is 5.52. The van der Waals surface area contributed by atoms with E-state index in [2.05, 4.69) is 9.88 Å². The van der Waals surface area contributed by atoms with Gasteiger partial charge in [0, 0.05) is 24.3 Å². The maximum atomic E-state index is 10.7. The molecule has 3 heteroatoms. The number of piperidine rings is 1. The summed E-state index contributed by atoms with van der Waals surface area (Å²) < 4.78 is 0. The third-order valence-electron chi connectivity index (χ3n) is 4.44. The van der Waals surface area contributed by atoms with Crippen LogP contribution in [0.3, 0.4) is 0 Å². The normalized spacial score (nSPS) is 27.7. The van der Waals surface area contributed by atoms with Crippen molar-refractivity contribution in [2.24, 2.45) is 5.92 Å². The number of hydrogen-bond acceptors (Lipinski definition) is 3. The zero-order valence-corrected chi connectivity index (χ0v) is 10.7. The van der Waals surface area contributed by atoms with Crippen LogP contribution in [0.15, 0.2) is 18.3 Å². The van der Waals surface area contributed by atoms with Gasteiger partial charge in [-0.15, -0.1) is 0 Å². The van der Waals surface area contributed by atoms with Crippen LogP contribution in [0.25, 0.3) is 0 Å². The second kappa shape index (κ2) is 5.09. The smallest absolute Gasteiger partial charge is 0.151 e. The molecule has 1 aliphatic carbocycles. The quantitative estimate of drug-likeness (QED) is 0.750. The lowest BCUT2D eigenvalue weighted by Crippen LogP contribution is -2.47. The Kier molecular flexibility index (Phi) is 3.31. The molecule has 0 radical (unpaired) electrons. The Morgan fingerprint density at radius 2 is 2.00 bits per heavy atom. The number of carbonyl (C=O) groups is 1. The van der Waals surface area contributed by atoms with Crippen molar-refractivity contribution in [3.8, 4) is 0 Å². The molecule has 18 heavy (non-hydrogen) atoms. The van der Waals surface area contributed by atoms with E-state index in [4.69, 9.17) is 0 Å². The average Bonchev–Trinajstić information content (AvgIpc) is 2.47. The van der Waals surface area contributed by atoms with E-state index in [1.165, 1.54) is 38.5 Å². The van der Waals surface area contributed by atoms with E-state index in [0.717, 1.165) is 24.6 Å². The number of aldehydes is 1. The van der Waals surface area contributed by atoms with Crippen molar-refractivity contribution >= 4 is 12.1 Å². The number of anilines is 1. The number of pyridine rings is 1. The Hall–Kier alpha value is -1.38. The molecule has 1 saturated heterocycles. The molecule has 2 fully saturated rings. The van der Waals surface area contributed by atoms with Gasteiger partial charge in [0.05, 0.1) is 0 Å². The summed E-state index contributed by atoms with van der Waals surface area (Å²) in [5.41, 5.74) is 0.663. The zero-order valence-electron chi connectivity index (χ0n) is 10.7. The van der Waals surface area contributed by atoms with E-state index < -0.39 is 0 Å². The number of aromatic nitrogens is 1. The Morgan fingerprint density at radius 1 is 1.17 bits per heavy atom. The van der Waals surface area contributed by atoms with Crippen molar-refractivity contribution in [1.82, 2.24) is 4.98 Å². The Morgan fingerprint density at radius 3 is 2.78 bits per heavy atom. The van der Waals surface area contributed by atoms with Gasteiger partial charge in [0.2, 0.25) is 0 Å². The second-order valence-electron chi connectivity index (χ2n) is 5.52. The fraction of sp³-hybridized carbons (Fsp3) is 0.600. The van der Waals surface area contributed by atoms with Gasteiger partial charge in [-0.05, 0) is 43.7 Å². The molecule has 3 rings (SSSR count). The molecule has 3 nitrogen and oxygen atoms in total. The van der Waals surface area contributed by atoms with Crippen LogP contribution in [0.1, 0.15) is 48.9 Å². The third-order valence-corrected chi connectivity index (χ3v) is 4.44. The molecule has 0 N–H and O–H groups in total. The summed E-state index contributed by atoms with van der Waals surface area (Å²) in [6.45, 7) is 1.12. The summed E-state index contributed by atoms with van der Waals surface area (Å²) in [5.74, 6) is 1.91. The highest BCUT2D eigenvalue weighted by Crippen LogP contribution is 2.36. The van der Waals surface area contributed by atoms with Gasteiger partial charge in [0.15, 0.2) is 6.29 Å². The lowest BCUT2D eigenvalue weighted by atomic mass is 9.78. The standard InChI is InChI=1S/C15H20N2O/c18-11-12-7-8-15(16-10-12)17-9-3-5-13-4-1-2-6-14(13)17/h7-8,10-11,13-14H,1-6,9H2/t13-,14-/m1/s1. The van der Waals surface area contributed by atoms with E-state index >= 15 is 0 Å². The molecule has 0 amide bonds. The minimum atomic E-state index is 0.663. The van der Waals surface area contributed by atoms with Crippen LogP contribution in [-0.2, 0) is 0 Å². The molecule has 96 valence electrons. The molecule has 0 aromatic carbocycles. The summed E-state index contributed by atoms with van der Waals surface area (Å²) in [5, 5.41) is 0. The molecular weight excluding hydrogens is 224 g/mol. The van der Waals surface area contributed by atoms with Crippen molar-refractivity contribution in [2.45, 2.75) is 44.6 Å². The van der Waals surface area contributed by atoms with Gasteiger partial charge in [0.1, 0.15) is 5.82 Å². The molecule has 2 atom stereocenters. The van der Waals surface area contributed by atoms with Gasteiger partial charge in [-0.25, -0.2) is 4.98 Å². The SMILES string of the molecule is O=Cc1ccc(N2CCC[C@H]3CCCC[C@H]32)nc1. The predicted octanol–water partition coefficient (Wildman–Crippen LogP) is 3.05. The summed E-state index contributed by atoms with van der Waals surface area (Å²) in [6.07, 6.45) is 10.6. The number of nitrogens with zero attached hydrogens (tertiary/aromatic N) is 2. The van der Waals surface area contributed by atoms with Crippen LogP contribution in [-0.4, -0.2) is 23.9 Å². The molecular formula is C15H20N2O. The highest BCUT2D eigenvalue weighted by Gasteiger charge is 2.33. The Labute approximate surface area is 108 Å². The van der Waals surface area contributed by atoms with Crippen molar-refractivity contribution in [2.75, 3.05) is 11.4 Å². The van der Waals surface area contributed by atoms with E-state index in [1.807, 2.05) is 12.1 Å². The van der Waals surface area contributed by atoms with E-state index in [-0.39, 0.29) is 0 Å². The van der Waals surface area contributed by atoms with Gasteiger partial charge >= 0.3 is 0 Å². The Balaban J connectivity index is 1.82. The van der Waals surface area contributed by atoms with Crippen LogP contribution < -0.4 is 4.90 Å². The fourth-order valence-corrected chi connectivity index (χ4v) is 3.55. The van der Waals surface area contributed by atoms with Crippen molar-refractivity contribution in [1.29, 1.82) is 0 Å². The first-order valence-corrected chi connectivity index (χ1v) is 7.06. The van der Waals surface area contributed by atoms with Crippen LogP contribution in [0.5, 0.6) is 0 Å². The minimum absolute atomic E-state index is 0.663. The van der Waals surface area contributed by atoms with Gasteiger partial charge in [-0.1, -0.05) is 12.8 Å². The first-order valence-electron chi connectivity index (χ1n) is 7.06. The molecule has 0 spiro atoms. The molecule has 2 heterocycles. The van der Waals surface area contributed by atoms with E-state index in [0.29, 0.717) is 11.6 Å². The largest absolute Gasteiger partial charge is 0.353 e. The van der Waals surface area contributed by atoms with Crippen molar-refractivity contribution in [3.63, 3.8) is 0 Å². The number of hydrogen-bond donors (Lipinski definition) is 0. The minimum Gasteiger partial charge on any atom is -0.353 e. The van der Waals surface area contributed by atoms with Gasteiger partial charge < -0.3 is 4.90 Å². The lowest BCUT2D eigenvalue weighted by Gasteiger charge is -2.44. The molecule has 1 aromatic heterocycles. The lowest BCUT2D eigenvalue weighted by molar-refractivity contribution is 0.112. The molecule has 0 unspecified atom stereocenters. The molecule has 1 saturated carbocycles. The van der Waals surface area contributed by atoms with Gasteiger partial charge in [0.25, 0.3) is 0 Å². The zero-order chi connectivity index (χ0) is 12.4.